The summed E-state index contributed by atoms with van der Waals surface area (Å²) in [6.45, 7) is 2.20. The number of para-hydroxylation sites is 4. The van der Waals surface area contributed by atoms with Crippen molar-refractivity contribution in [3.63, 3.8) is 0 Å². The fourth-order valence-corrected chi connectivity index (χ4v) is 11.4. The van der Waals surface area contributed by atoms with E-state index in [0.29, 0.717) is 0 Å². The van der Waals surface area contributed by atoms with Gasteiger partial charge >= 0.3 is 0 Å². The number of hydrogen-bond donors (Lipinski definition) is 0. The minimum Gasteiger partial charge on any atom is -0.313 e. The van der Waals surface area contributed by atoms with Gasteiger partial charge in [-0.1, -0.05) is 115 Å². The Bertz CT molecular complexity index is 4350. The van der Waals surface area contributed by atoms with Crippen LogP contribution in [-0.4, -0.2) is 36.5 Å². The van der Waals surface area contributed by atoms with Crippen LogP contribution in [0.25, 0.3) is 121 Å². The molecule has 0 unspecified atom stereocenters. The number of aromatic nitrogens is 5. The monoisotopic (exact) mass is 896 g/mol. The molecule has 0 radical (unpaired) electrons. The molecule has 14 rings (SSSR count). The first kappa shape index (κ1) is 39.9. The quantitative estimate of drug-likeness (QED) is 0.147. The van der Waals surface area contributed by atoms with E-state index in [1.165, 1.54) is 43.6 Å². The van der Waals surface area contributed by atoms with Crippen molar-refractivity contribution in [2.24, 2.45) is 4.99 Å². The summed E-state index contributed by atoms with van der Waals surface area (Å²) in [7, 11) is 1.85. The Balaban J connectivity index is 0.863. The maximum absolute atomic E-state index is 4.65. The molecule has 0 saturated heterocycles. The molecule has 0 fully saturated rings. The second-order valence-corrected chi connectivity index (χ2v) is 18.3. The molecule has 0 bridgehead atoms. The van der Waals surface area contributed by atoms with Crippen molar-refractivity contribution in [2.45, 2.75) is 6.92 Å². The Labute approximate surface area is 403 Å². The van der Waals surface area contributed by atoms with Crippen LogP contribution >= 0.6 is 0 Å². The molecule has 6 nitrogen and oxygen atoms in total. The van der Waals surface area contributed by atoms with Gasteiger partial charge in [0.25, 0.3) is 0 Å². The average molecular weight is 897 g/mol. The zero-order chi connectivity index (χ0) is 46.5. The van der Waals surface area contributed by atoms with Gasteiger partial charge in [0.15, 0.2) is 0 Å². The van der Waals surface area contributed by atoms with E-state index in [9.17, 15) is 0 Å². The van der Waals surface area contributed by atoms with E-state index in [2.05, 4.69) is 247 Å². The molecule has 0 spiro atoms. The normalized spacial score (nSPS) is 12.1. The first-order valence-corrected chi connectivity index (χ1v) is 23.9. The Kier molecular flexibility index (Phi) is 8.92. The van der Waals surface area contributed by atoms with Crippen LogP contribution < -0.4 is 0 Å². The Morgan fingerprint density at radius 2 is 0.743 bits per heavy atom. The summed E-state index contributed by atoms with van der Waals surface area (Å²) in [6, 6.07) is 77.3. The SMILES string of the molecule is CN=Cc1c(C)n(-c2cccc(-n3c4ccncc4c4cc(-c5cccc(-n6c7ccccc7c7ccccc76)c5)ccc43)c2)c2ccc(-c3cccc(-n4c5ccccc5c5ccccc54)c3)cc12. The summed E-state index contributed by atoms with van der Waals surface area (Å²) in [6.07, 6.45) is 5.91. The Morgan fingerprint density at radius 1 is 0.343 bits per heavy atom. The van der Waals surface area contributed by atoms with Crippen LogP contribution in [0, 0.1) is 6.92 Å². The topological polar surface area (TPSA) is 45.0 Å². The molecule has 0 aliphatic carbocycles. The lowest BCUT2D eigenvalue weighted by atomic mass is 10.0. The first-order valence-electron chi connectivity index (χ1n) is 23.9. The van der Waals surface area contributed by atoms with E-state index in [-0.39, 0.29) is 0 Å². The average Bonchev–Trinajstić information content (AvgIpc) is 4.13. The number of fused-ring (bicyclic) bond motifs is 10. The molecule has 330 valence electrons. The van der Waals surface area contributed by atoms with Gasteiger partial charge < -0.3 is 18.3 Å². The number of benzene rings is 9. The third-order valence-corrected chi connectivity index (χ3v) is 14.5. The van der Waals surface area contributed by atoms with Crippen molar-refractivity contribution in [2.75, 3.05) is 7.05 Å². The van der Waals surface area contributed by atoms with E-state index >= 15 is 0 Å². The van der Waals surface area contributed by atoms with Crippen LogP contribution in [0.2, 0.25) is 0 Å². The Hall–Kier alpha value is -9.26. The fourth-order valence-electron chi connectivity index (χ4n) is 11.4. The number of rotatable bonds is 7. The lowest BCUT2D eigenvalue weighted by Crippen LogP contribution is -2.00. The maximum Gasteiger partial charge on any atom is 0.0571 e. The largest absolute Gasteiger partial charge is 0.313 e. The molecule has 0 atom stereocenters. The smallest absolute Gasteiger partial charge is 0.0571 e. The lowest BCUT2D eigenvalue weighted by molar-refractivity contribution is 1.04. The predicted octanol–water partition coefficient (Wildman–Crippen LogP) is 16.0. The highest BCUT2D eigenvalue weighted by Crippen LogP contribution is 2.40. The van der Waals surface area contributed by atoms with Gasteiger partial charge in [0, 0.05) is 97.4 Å². The molecule has 0 aliphatic heterocycles. The van der Waals surface area contributed by atoms with Crippen molar-refractivity contribution in [3.8, 4) is 45.0 Å². The van der Waals surface area contributed by atoms with E-state index in [4.69, 9.17) is 0 Å². The highest BCUT2D eigenvalue weighted by atomic mass is 15.0. The molecule has 5 aromatic heterocycles. The van der Waals surface area contributed by atoms with Gasteiger partial charge in [0.2, 0.25) is 0 Å². The van der Waals surface area contributed by atoms with Gasteiger partial charge in [0.05, 0.1) is 38.6 Å². The van der Waals surface area contributed by atoms with Crippen LogP contribution in [0.3, 0.4) is 0 Å². The van der Waals surface area contributed by atoms with Crippen molar-refractivity contribution in [1.82, 2.24) is 23.3 Å². The number of nitrogens with zero attached hydrogens (tertiary/aromatic N) is 6. The van der Waals surface area contributed by atoms with Crippen LogP contribution in [0.4, 0.5) is 0 Å². The molecular formula is C64H44N6. The molecule has 0 saturated carbocycles. The minimum absolute atomic E-state index is 1.08. The van der Waals surface area contributed by atoms with Gasteiger partial charge in [-0.05, 0) is 126 Å². The summed E-state index contributed by atoms with van der Waals surface area (Å²) < 4.78 is 9.53. The van der Waals surface area contributed by atoms with Crippen LogP contribution in [0.15, 0.2) is 230 Å². The summed E-state index contributed by atoms with van der Waals surface area (Å²) in [4.78, 5) is 9.22. The molecule has 6 heteroatoms. The van der Waals surface area contributed by atoms with Gasteiger partial charge in [0.1, 0.15) is 0 Å². The number of pyridine rings is 1. The number of hydrogen-bond acceptors (Lipinski definition) is 2. The Morgan fingerprint density at radius 3 is 1.26 bits per heavy atom. The predicted molar refractivity (Wildman–Crippen MR) is 293 cm³/mol. The molecule has 5 heterocycles. The maximum atomic E-state index is 4.65. The van der Waals surface area contributed by atoms with Crippen molar-refractivity contribution < 1.29 is 0 Å². The van der Waals surface area contributed by atoms with Crippen LogP contribution in [-0.2, 0) is 0 Å². The van der Waals surface area contributed by atoms with Crippen molar-refractivity contribution >= 4 is 82.5 Å². The molecule has 0 amide bonds. The number of aliphatic imine (C=N–C) groups is 1. The van der Waals surface area contributed by atoms with Crippen LogP contribution in [0.1, 0.15) is 11.3 Å². The second-order valence-electron chi connectivity index (χ2n) is 18.3. The van der Waals surface area contributed by atoms with Gasteiger partial charge in [-0.25, -0.2) is 0 Å². The van der Waals surface area contributed by atoms with Crippen molar-refractivity contribution in [3.05, 3.63) is 236 Å². The summed E-state index contributed by atoms with van der Waals surface area (Å²) in [5.74, 6) is 0. The van der Waals surface area contributed by atoms with Gasteiger partial charge in [-0.3, -0.25) is 9.98 Å². The minimum atomic E-state index is 1.08. The van der Waals surface area contributed by atoms with E-state index in [1.807, 2.05) is 25.7 Å². The zero-order valence-electron chi connectivity index (χ0n) is 38.6. The summed E-state index contributed by atoms with van der Waals surface area (Å²) in [5, 5.41) is 8.46. The third-order valence-electron chi connectivity index (χ3n) is 14.5. The molecular weight excluding hydrogens is 853 g/mol. The second kappa shape index (κ2) is 15.7. The zero-order valence-corrected chi connectivity index (χ0v) is 38.6. The molecule has 9 aromatic carbocycles. The third kappa shape index (κ3) is 5.99. The molecule has 70 heavy (non-hydrogen) atoms. The van der Waals surface area contributed by atoms with Crippen molar-refractivity contribution in [1.29, 1.82) is 0 Å². The molecule has 0 aliphatic rings. The van der Waals surface area contributed by atoms with E-state index in [1.54, 1.807) is 0 Å². The highest BCUT2D eigenvalue weighted by molar-refractivity contribution is 6.12. The molecule has 14 aromatic rings. The van der Waals surface area contributed by atoms with E-state index < -0.39 is 0 Å². The first-order chi connectivity index (χ1) is 34.6. The standard InChI is InChI=1S/C64H44N6/c1-41-56(39-65-2)54-36-44(42-14-11-16-46(34-42)68-58-24-7-3-20-50(58)51-21-4-8-25-59(51)68)28-30-62(54)67(41)48-18-13-19-49(38-48)70-63-31-29-45(37-55(63)57-40-66-33-32-64(57)70)43-15-12-17-47(35-43)69-60-26-9-5-22-52(60)53-23-6-10-27-61(53)69/h3-40H,1-2H3. The highest BCUT2D eigenvalue weighted by Gasteiger charge is 2.20. The molecule has 0 N–H and O–H groups in total. The lowest BCUT2D eigenvalue weighted by Gasteiger charge is -2.14. The van der Waals surface area contributed by atoms with Gasteiger partial charge in [-0.2, -0.15) is 0 Å². The fraction of sp³-hybridized carbons (Fsp3) is 0.0312. The van der Waals surface area contributed by atoms with Crippen LogP contribution in [0.5, 0.6) is 0 Å². The summed E-state index contributed by atoms with van der Waals surface area (Å²) >= 11 is 0. The van der Waals surface area contributed by atoms with E-state index in [0.717, 1.165) is 89.0 Å². The van der Waals surface area contributed by atoms with Gasteiger partial charge in [-0.15, -0.1) is 0 Å². The summed E-state index contributed by atoms with van der Waals surface area (Å²) in [5.41, 5.74) is 19.5.